The zero-order valence-corrected chi connectivity index (χ0v) is 17.1. The van der Waals surface area contributed by atoms with Crippen LogP contribution in [0.1, 0.15) is 61.6 Å². The van der Waals surface area contributed by atoms with Gasteiger partial charge in [0.25, 0.3) is 5.91 Å². The van der Waals surface area contributed by atoms with Crippen molar-refractivity contribution < 1.29 is 4.79 Å². The van der Waals surface area contributed by atoms with Crippen LogP contribution in [-0.4, -0.2) is 55.2 Å². The van der Waals surface area contributed by atoms with E-state index in [0.29, 0.717) is 29.6 Å². The third-order valence-electron chi connectivity index (χ3n) is 6.37. The average Bonchev–Trinajstić information content (AvgIpc) is 3.29. The summed E-state index contributed by atoms with van der Waals surface area (Å²) in [5, 5.41) is 15.6. The maximum atomic E-state index is 12.2. The third-order valence-corrected chi connectivity index (χ3v) is 6.37. The Labute approximate surface area is 166 Å². The van der Waals surface area contributed by atoms with Gasteiger partial charge in [-0.1, -0.05) is 19.1 Å². The van der Waals surface area contributed by atoms with E-state index in [-0.39, 0.29) is 5.91 Å². The van der Waals surface area contributed by atoms with E-state index < -0.39 is 0 Å². The number of carbonyl (C=O) groups is 1. The number of carbonyl (C=O) groups excluding carboxylic acids is 1. The Hall–Kier alpha value is -2.22. The Morgan fingerprint density at radius 1 is 1.29 bits per heavy atom. The number of nitrogens with zero attached hydrogens (tertiary/aromatic N) is 6. The molecule has 8 nitrogen and oxygen atoms in total. The monoisotopic (exact) mass is 385 g/mol. The van der Waals surface area contributed by atoms with Crippen LogP contribution in [0.4, 0.5) is 0 Å². The Balaban J connectivity index is 1.34. The number of hydrogen-bond acceptors (Lipinski definition) is 5. The van der Waals surface area contributed by atoms with E-state index in [1.165, 1.54) is 24.8 Å². The summed E-state index contributed by atoms with van der Waals surface area (Å²) in [6, 6.07) is 0.368. The summed E-state index contributed by atoms with van der Waals surface area (Å²) in [6.45, 7) is 7.99. The lowest BCUT2D eigenvalue weighted by molar-refractivity contribution is -0.0334. The van der Waals surface area contributed by atoms with E-state index in [9.17, 15) is 4.79 Å². The van der Waals surface area contributed by atoms with Gasteiger partial charge in [-0.05, 0) is 50.1 Å². The van der Waals surface area contributed by atoms with Gasteiger partial charge in [-0.15, -0.1) is 5.10 Å². The van der Waals surface area contributed by atoms with Crippen molar-refractivity contribution in [3.05, 3.63) is 29.8 Å². The molecule has 1 N–H and O–H groups in total. The first kappa shape index (κ1) is 19.1. The Morgan fingerprint density at radius 2 is 2.07 bits per heavy atom. The van der Waals surface area contributed by atoms with Gasteiger partial charge in [0, 0.05) is 31.9 Å². The molecule has 1 spiro atoms. The van der Waals surface area contributed by atoms with Gasteiger partial charge in [0.05, 0.1) is 18.4 Å². The molecule has 28 heavy (non-hydrogen) atoms. The molecule has 0 bridgehead atoms. The summed E-state index contributed by atoms with van der Waals surface area (Å²) in [5.74, 6) is 0.297. The highest BCUT2D eigenvalue weighted by molar-refractivity contribution is 5.91. The van der Waals surface area contributed by atoms with Crippen molar-refractivity contribution in [3.8, 4) is 0 Å². The molecule has 2 aromatic rings. The number of aromatic nitrogens is 5. The van der Waals surface area contributed by atoms with Crippen molar-refractivity contribution >= 4 is 5.91 Å². The van der Waals surface area contributed by atoms with Crippen molar-refractivity contribution in [2.75, 3.05) is 19.6 Å². The third kappa shape index (κ3) is 3.83. The molecule has 3 heterocycles. The van der Waals surface area contributed by atoms with Gasteiger partial charge in [-0.2, -0.15) is 5.10 Å². The maximum Gasteiger partial charge on any atom is 0.273 e. The minimum Gasteiger partial charge on any atom is -0.350 e. The molecule has 1 saturated carbocycles. The van der Waals surface area contributed by atoms with E-state index in [4.69, 9.17) is 0 Å². The van der Waals surface area contributed by atoms with Crippen LogP contribution in [-0.2, 0) is 13.6 Å². The molecule has 1 aliphatic carbocycles. The summed E-state index contributed by atoms with van der Waals surface area (Å²) >= 11 is 0. The van der Waals surface area contributed by atoms with Crippen LogP contribution in [0.15, 0.2) is 18.6 Å². The molecule has 1 unspecified atom stereocenters. The lowest BCUT2D eigenvalue weighted by atomic mass is 9.59. The van der Waals surface area contributed by atoms with Crippen LogP contribution < -0.4 is 5.32 Å². The van der Waals surface area contributed by atoms with Crippen LogP contribution in [0.5, 0.6) is 0 Å². The van der Waals surface area contributed by atoms with Crippen LogP contribution in [0.2, 0.25) is 0 Å². The highest BCUT2D eigenvalue weighted by Crippen LogP contribution is 2.56. The fourth-order valence-electron chi connectivity index (χ4n) is 4.57. The molecular weight excluding hydrogens is 354 g/mol. The Bertz CT molecular complexity index is 816. The Kier molecular flexibility index (Phi) is 5.23. The smallest absolute Gasteiger partial charge is 0.273 e. The van der Waals surface area contributed by atoms with E-state index >= 15 is 0 Å². The van der Waals surface area contributed by atoms with Crippen molar-refractivity contribution in [1.82, 2.24) is 35.0 Å². The summed E-state index contributed by atoms with van der Waals surface area (Å²) in [4.78, 5) is 14.8. The largest absolute Gasteiger partial charge is 0.350 e. The number of nitrogens with one attached hydrogen (secondary N) is 1. The van der Waals surface area contributed by atoms with Gasteiger partial charge in [-0.3, -0.25) is 14.4 Å². The second kappa shape index (κ2) is 7.66. The number of likely N-dealkylation sites (tertiary alicyclic amines) is 1. The minimum atomic E-state index is -0.125. The summed E-state index contributed by atoms with van der Waals surface area (Å²) in [5.41, 5.74) is 2.01. The minimum absolute atomic E-state index is 0.125. The van der Waals surface area contributed by atoms with E-state index in [1.807, 2.05) is 28.8 Å². The topological polar surface area (TPSA) is 80.9 Å². The fraction of sp³-hybridized carbons (Fsp3) is 0.700. The molecule has 2 aromatic heterocycles. The zero-order chi connectivity index (χ0) is 19.7. The molecule has 2 aliphatic rings. The van der Waals surface area contributed by atoms with Crippen molar-refractivity contribution in [3.63, 3.8) is 0 Å². The summed E-state index contributed by atoms with van der Waals surface area (Å²) in [7, 11) is 1.96. The van der Waals surface area contributed by atoms with Crippen molar-refractivity contribution in [2.24, 2.45) is 18.4 Å². The molecule has 8 heteroatoms. The SMILES string of the molecule is CC(C)CNC(=O)c1cn(C2CCC23CCN(Cc2cnn(C)c2)CC3)nn1. The summed E-state index contributed by atoms with van der Waals surface area (Å²) < 4.78 is 3.81. The molecule has 1 amide bonds. The Morgan fingerprint density at radius 3 is 2.68 bits per heavy atom. The van der Waals surface area contributed by atoms with Crippen LogP contribution in [0, 0.1) is 11.3 Å². The number of amides is 1. The highest BCUT2D eigenvalue weighted by Gasteiger charge is 2.49. The molecule has 0 radical (unpaired) electrons. The van der Waals surface area contributed by atoms with Gasteiger partial charge < -0.3 is 5.32 Å². The first-order valence-electron chi connectivity index (χ1n) is 10.4. The molecule has 2 fully saturated rings. The fourth-order valence-corrected chi connectivity index (χ4v) is 4.57. The molecule has 1 saturated heterocycles. The molecule has 4 rings (SSSR count). The molecular formula is C20H31N7O. The van der Waals surface area contributed by atoms with E-state index in [2.05, 4.69) is 45.7 Å². The second-order valence-electron chi connectivity index (χ2n) is 8.90. The van der Waals surface area contributed by atoms with E-state index in [0.717, 1.165) is 26.1 Å². The molecule has 1 atom stereocenters. The van der Waals surface area contributed by atoms with Gasteiger partial charge in [0.15, 0.2) is 5.69 Å². The van der Waals surface area contributed by atoms with Gasteiger partial charge in [0.1, 0.15) is 0 Å². The van der Waals surface area contributed by atoms with Crippen LogP contribution >= 0.6 is 0 Å². The predicted octanol–water partition coefficient (Wildman–Crippen LogP) is 2.01. The molecule has 152 valence electrons. The first-order valence-corrected chi connectivity index (χ1v) is 10.4. The van der Waals surface area contributed by atoms with E-state index in [1.54, 1.807) is 0 Å². The first-order chi connectivity index (χ1) is 13.4. The highest BCUT2D eigenvalue weighted by atomic mass is 16.2. The van der Waals surface area contributed by atoms with Crippen LogP contribution in [0.3, 0.4) is 0 Å². The zero-order valence-electron chi connectivity index (χ0n) is 17.1. The van der Waals surface area contributed by atoms with Gasteiger partial charge in [0.2, 0.25) is 0 Å². The van der Waals surface area contributed by atoms with Crippen LogP contribution in [0.25, 0.3) is 0 Å². The second-order valence-corrected chi connectivity index (χ2v) is 8.90. The summed E-state index contributed by atoms with van der Waals surface area (Å²) in [6.07, 6.45) is 10.6. The number of rotatable bonds is 6. The van der Waals surface area contributed by atoms with Crippen molar-refractivity contribution in [2.45, 2.75) is 52.1 Å². The number of hydrogen-bond donors (Lipinski definition) is 1. The molecule has 0 aromatic carbocycles. The van der Waals surface area contributed by atoms with Gasteiger partial charge in [-0.25, -0.2) is 4.68 Å². The van der Waals surface area contributed by atoms with Crippen molar-refractivity contribution in [1.29, 1.82) is 0 Å². The normalized spacial score (nSPS) is 21.8. The average molecular weight is 386 g/mol. The standard InChI is InChI=1S/C20H31N7O/c1-15(2)10-21-19(28)17-14-27(24-23-17)18-4-5-20(18)6-8-26(9-7-20)13-16-11-22-25(3)12-16/h11-12,14-15,18H,4-10,13H2,1-3H3,(H,21,28). The number of piperidine rings is 1. The van der Waals surface area contributed by atoms with Gasteiger partial charge >= 0.3 is 0 Å². The molecule has 1 aliphatic heterocycles. The lowest BCUT2D eigenvalue weighted by Crippen LogP contribution is -2.49. The predicted molar refractivity (Wildman–Crippen MR) is 106 cm³/mol. The maximum absolute atomic E-state index is 12.2. The quantitative estimate of drug-likeness (QED) is 0.823. The number of aryl methyl sites for hydroxylation is 1. The lowest BCUT2D eigenvalue weighted by Gasteiger charge is -2.53.